The van der Waals surface area contributed by atoms with E-state index < -0.39 is 0 Å². The van der Waals surface area contributed by atoms with Gasteiger partial charge in [0.1, 0.15) is 0 Å². The highest BCUT2D eigenvalue weighted by Crippen LogP contribution is 2.65. The van der Waals surface area contributed by atoms with Gasteiger partial charge in [-0.15, -0.1) is 22.7 Å². The van der Waals surface area contributed by atoms with Crippen molar-refractivity contribution in [3.05, 3.63) is 131 Å². The zero-order valence-corrected chi connectivity index (χ0v) is 34.6. The van der Waals surface area contributed by atoms with Gasteiger partial charge in [0.05, 0.1) is 0 Å². The molecule has 2 aromatic heterocycles. The molecule has 0 radical (unpaired) electrons. The van der Waals surface area contributed by atoms with E-state index in [9.17, 15) is 0 Å². The first kappa shape index (κ1) is 32.7. The molecule has 274 valence electrons. The minimum absolute atomic E-state index is 0.0932. The molecule has 2 unspecified atom stereocenters. The smallest absolute Gasteiger partial charge is 0.247 e. The van der Waals surface area contributed by atoms with E-state index in [1.54, 1.807) is 11.1 Å². The van der Waals surface area contributed by atoms with Crippen molar-refractivity contribution >= 4 is 103 Å². The normalized spacial score (nSPS) is 24.1. The first-order valence-corrected chi connectivity index (χ1v) is 22.7. The summed E-state index contributed by atoms with van der Waals surface area (Å²) >= 11 is 3.92. The lowest BCUT2D eigenvalue weighted by Crippen LogP contribution is -2.64. The molecule has 6 aliphatic rings. The summed E-state index contributed by atoms with van der Waals surface area (Å²) in [5, 5.41) is 5.55. The molecule has 56 heavy (non-hydrogen) atoms. The Bertz CT molecular complexity index is 2990. The molecular formula is C52H46BNS2. The van der Waals surface area contributed by atoms with Crippen LogP contribution < -0.4 is 21.3 Å². The van der Waals surface area contributed by atoms with Gasteiger partial charge >= 0.3 is 0 Å². The summed E-state index contributed by atoms with van der Waals surface area (Å²) in [5.41, 5.74) is 14.8. The monoisotopic (exact) mass is 759 g/mol. The van der Waals surface area contributed by atoms with E-state index in [2.05, 4.69) is 149 Å². The highest BCUT2D eigenvalue weighted by Gasteiger charge is 2.57. The Balaban J connectivity index is 1.15. The average molecular weight is 760 g/mol. The number of benzene rings is 6. The van der Waals surface area contributed by atoms with Gasteiger partial charge < -0.3 is 4.90 Å². The first-order chi connectivity index (χ1) is 27.0. The van der Waals surface area contributed by atoms with Gasteiger partial charge in [-0.1, -0.05) is 94.7 Å². The van der Waals surface area contributed by atoms with Gasteiger partial charge in [-0.2, -0.15) is 0 Å². The molecule has 0 spiro atoms. The summed E-state index contributed by atoms with van der Waals surface area (Å²) in [6, 6.07) is 43.6. The standard InChI is InChI=1S/C52H46BNS2/c1-50(2,3)32-14-16-34(17-15-32)54-43-23-38-36-11-7-9-13-46(36)56-48(38)25-42(43)53-41-24-47-37(35-10-6-8-12-45(35)55-47)22-39(41)51(4,5)40-20-33(21-44(54)49(40)53)52-26-29-18-30(27-52)31(19-29)28-52/h6-17,20-25,29-31H,18-19,26-28H2,1-5H3. The summed E-state index contributed by atoms with van der Waals surface area (Å²) in [4.78, 5) is 2.71. The van der Waals surface area contributed by atoms with E-state index >= 15 is 0 Å². The third-order valence-corrected chi connectivity index (χ3v) is 17.8. The number of thiophene rings is 2. The van der Waals surface area contributed by atoms with E-state index in [-0.39, 0.29) is 17.5 Å². The molecule has 4 saturated carbocycles. The second kappa shape index (κ2) is 10.8. The van der Waals surface area contributed by atoms with Gasteiger partial charge in [-0.3, -0.25) is 0 Å². The second-order valence-electron chi connectivity index (χ2n) is 19.9. The number of fused-ring (bicyclic) bond motifs is 10. The molecule has 4 heteroatoms. The summed E-state index contributed by atoms with van der Waals surface area (Å²) in [7, 11) is 0. The van der Waals surface area contributed by atoms with E-state index in [1.807, 2.05) is 22.7 Å². The highest BCUT2D eigenvalue weighted by molar-refractivity contribution is 7.26. The van der Waals surface area contributed by atoms with Crippen molar-refractivity contribution in [2.75, 3.05) is 4.90 Å². The van der Waals surface area contributed by atoms with Crippen molar-refractivity contribution in [2.45, 2.75) is 83.0 Å². The molecule has 4 fully saturated rings. The fraction of sp³-hybridized carbons (Fsp3) is 0.308. The number of rotatable bonds is 2. The average Bonchev–Trinajstić information content (AvgIpc) is 3.89. The van der Waals surface area contributed by atoms with Gasteiger partial charge in [-0.25, -0.2) is 0 Å². The summed E-state index contributed by atoms with van der Waals surface area (Å²) in [6.07, 6.45) is 7.08. The molecule has 1 nitrogen and oxygen atoms in total. The lowest BCUT2D eigenvalue weighted by molar-refractivity contribution is 0.229. The zero-order chi connectivity index (χ0) is 37.5. The van der Waals surface area contributed by atoms with E-state index in [1.165, 1.54) is 117 Å². The second-order valence-corrected chi connectivity index (χ2v) is 22.1. The Morgan fingerprint density at radius 1 is 0.607 bits per heavy atom. The van der Waals surface area contributed by atoms with Crippen molar-refractivity contribution in [1.82, 2.24) is 0 Å². The largest absolute Gasteiger partial charge is 0.311 e. The molecule has 2 atom stereocenters. The maximum atomic E-state index is 2.77. The minimum Gasteiger partial charge on any atom is -0.311 e. The number of nitrogens with zero attached hydrogens (tertiary/aromatic N) is 1. The topological polar surface area (TPSA) is 3.24 Å². The Labute approximate surface area is 338 Å². The van der Waals surface area contributed by atoms with Crippen LogP contribution in [0.4, 0.5) is 17.1 Å². The van der Waals surface area contributed by atoms with Gasteiger partial charge in [-0.05, 0) is 148 Å². The highest BCUT2D eigenvalue weighted by atomic mass is 32.1. The molecule has 2 aliphatic heterocycles. The number of hydrogen-bond acceptors (Lipinski definition) is 3. The Morgan fingerprint density at radius 2 is 1.23 bits per heavy atom. The predicted octanol–water partition coefficient (Wildman–Crippen LogP) is 12.7. The molecule has 6 aromatic carbocycles. The van der Waals surface area contributed by atoms with Crippen LogP contribution in [0.3, 0.4) is 0 Å². The van der Waals surface area contributed by atoms with Crippen molar-refractivity contribution in [1.29, 1.82) is 0 Å². The van der Waals surface area contributed by atoms with Gasteiger partial charge in [0, 0.05) is 62.8 Å². The summed E-state index contributed by atoms with van der Waals surface area (Å²) < 4.78 is 5.55. The Morgan fingerprint density at radius 3 is 1.88 bits per heavy atom. The third-order valence-electron chi connectivity index (χ3n) is 15.5. The lowest BCUT2D eigenvalue weighted by Gasteiger charge is -2.47. The van der Waals surface area contributed by atoms with E-state index in [0.29, 0.717) is 5.41 Å². The van der Waals surface area contributed by atoms with Crippen LogP contribution in [-0.2, 0) is 16.2 Å². The van der Waals surface area contributed by atoms with Crippen LogP contribution in [0.15, 0.2) is 109 Å². The van der Waals surface area contributed by atoms with Crippen LogP contribution in [0.2, 0.25) is 0 Å². The van der Waals surface area contributed by atoms with Gasteiger partial charge in [0.2, 0.25) is 6.71 Å². The number of anilines is 3. The van der Waals surface area contributed by atoms with Crippen molar-refractivity contribution in [3.63, 3.8) is 0 Å². The first-order valence-electron chi connectivity index (χ1n) is 21.0. The fourth-order valence-electron chi connectivity index (χ4n) is 13.0. The molecule has 0 saturated heterocycles. The predicted molar refractivity (Wildman–Crippen MR) is 244 cm³/mol. The summed E-state index contributed by atoms with van der Waals surface area (Å²) in [5.74, 6) is 2.75. The van der Waals surface area contributed by atoms with Crippen LogP contribution in [0.5, 0.6) is 0 Å². The quantitative estimate of drug-likeness (QED) is 0.159. The molecule has 0 amide bonds. The van der Waals surface area contributed by atoms with Crippen LogP contribution >= 0.6 is 22.7 Å². The molecular weight excluding hydrogens is 714 g/mol. The Kier molecular flexibility index (Phi) is 6.28. The van der Waals surface area contributed by atoms with Gasteiger partial charge in [0.15, 0.2) is 0 Å². The lowest BCUT2D eigenvalue weighted by atomic mass is 9.30. The third kappa shape index (κ3) is 4.23. The van der Waals surface area contributed by atoms with Crippen LogP contribution in [0.25, 0.3) is 40.3 Å². The van der Waals surface area contributed by atoms with Crippen LogP contribution in [0.1, 0.15) is 89.0 Å². The fourth-order valence-corrected chi connectivity index (χ4v) is 15.3. The molecule has 4 aliphatic carbocycles. The van der Waals surface area contributed by atoms with Crippen molar-refractivity contribution in [2.24, 2.45) is 17.8 Å². The SMILES string of the molecule is CC(C)(C)c1ccc(N2c3cc4c(cc3B3c5cc6sc7ccccc7c6cc5C(C)(C)c5cc(C67CC8CC(C6)C(C8)C7)cc2c53)sc2ccccc24)cc1. The molecule has 0 N–H and O–H groups in total. The van der Waals surface area contributed by atoms with Crippen molar-refractivity contribution in [3.8, 4) is 0 Å². The maximum Gasteiger partial charge on any atom is 0.247 e. The molecule has 14 rings (SSSR count). The Hall–Kier alpha value is -4.38. The van der Waals surface area contributed by atoms with E-state index in [4.69, 9.17) is 0 Å². The molecule has 4 heterocycles. The molecule has 8 aromatic rings. The van der Waals surface area contributed by atoms with Crippen LogP contribution in [0, 0.1) is 17.8 Å². The minimum atomic E-state index is -0.156. The van der Waals surface area contributed by atoms with Gasteiger partial charge in [0.25, 0.3) is 0 Å². The maximum absolute atomic E-state index is 2.77. The van der Waals surface area contributed by atoms with E-state index in [0.717, 1.165) is 17.8 Å². The zero-order valence-electron chi connectivity index (χ0n) is 33.0. The number of hydrogen-bond donors (Lipinski definition) is 0. The van der Waals surface area contributed by atoms with Crippen LogP contribution in [-0.4, -0.2) is 6.71 Å². The van der Waals surface area contributed by atoms with Crippen molar-refractivity contribution < 1.29 is 0 Å². The molecule has 4 bridgehead atoms. The summed E-state index contributed by atoms with van der Waals surface area (Å²) in [6.45, 7) is 12.2.